The van der Waals surface area contributed by atoms with E-state index in [1.165, 1.54) is 0 Å². The van der Waals surface area contributed by atoms with Crippen molar-refractivity contribution in [3.05, 3.63) is 84.4 Å². The lowest BCUT2D eigenvalue weighted by Crippen LogP contribution is -2.34. The third-order valence-electron chi connectivity index (χ3n) is 4.69. The Morgan fingerprint density at radius 1 is 0.879 bits per heavy atom. The second-order valence-electron chi connectivity index (χ2n) is 7.31. The zero-order chi connectivity index (χ0) is 23.5. The Morgan fingerprint density at radius 3 is 2.30 bits per heavy atom. The van der Waals surface area contributed by atoms with Crippen molar-refractivity contribution < 1.29 is 19.0 Å². The monoisotopic (exact) mass is 464 g/mol. The molecule has 0 heterocycles. The average Bonchev–Trinajstić information content (AvgIpc) is 2.82. The first-order chi connectivity index (χ1) is 16.0. The normalized spacial score (nSPS) is 11.2. The van der Waals surface area contributed by atoms with Crippen LogP contribution in [0.3, 0.4) is 0 Å². The van der Waals surface area contributed by atoms with Crippen molar-refractivity contribution in [2.24, 2.45) is 0 Å². The van der Waals surface area contributed by atoms with E-state index in [1.54, 1.807) is 24.3 Å². The molecule has 1 unspecified atom stereocenters. The molecule has 6 nitrogen and oxygen atoms in total. The van der Waals surface area contributed by atoms with Crippen LogP contribution in [0.15, 0.2) is 78.9 Å². The van der Waals surface area contributed by atoms with Crippen molar-refractivity contribution >= 4 is 28.9 Å². The molecule has 0 saturated heterocycles. The molecule has 0 spiro atoms. The van der Waals surface area contributed by atoms with Crippen molar-refractivity contribution in [3.63, 3.8) is 0 Å². The number of thiocarbonyl (C=S) groups is 1. The Hall–Kier alpha value is -3.58. The minimum absolute atomic E-state index is 0.117. The summed E-state index contributed by atoms with van der Waals surface area (Å²) in [6.07, 6.45) is 1.03. The van der Waals surface area contributed by atoms with Gasteiger partial charge in [0.2, 0.25) is 0 Å². The molecule has 0 aliphatic rings. The van der Waals surface area contributed by atoms with Gasteiger partial charge in [-0.15, -0.1) is 0 Å². The maximum atomic E-state index is 12.6. The molecule has 0 aliphatic carbocycles. The van der Waals surface area contributed by atoms with Crippen LogP contribution in [-0.4, -0.2) is 30.3 Å². The molecular weight excluding hydrogens is 436 g/mol. The fourth-order valence-electron chi connectivity index (χ4n) is 2.86. The lowest BCUT2D eigenvalue weighted by atomic mass is 10.2. The Morgan fingerprint density at radius 2 is 1.55 bits per heavy atom. The maximum Gasteiger partial charge on any atom is 0.257 e. The minimum Gasteiger partial charge on any atom is -0.491 e. The van der Waals surface area contributed by atoms with Gasteiger partial charge in [0.1, 0.15) is 30.5 Å². The molecule has 1 atom stereocenters. The highest BCUT2D eigenvalue weighted by Gasteiger charge is 2.10. The molecule has 3 aromatic carbocycles. The van der Waals surface area contributed by atoms with Gasteiger partial charge in [0.25, 0.3) is 5.91 Å². The van der Waals surface area contributed by atoms with E-state index < -0.39 is 0 Å². The summed E-state index contributed by atoms with van der Waals surface area (Å²) in [5.41, 5.74) is 1.17. The number of carbonyl (C=O) groups excluding carboxylic acids is 1. The summed E-state index contributed by atoms with van der Waals surface area (Å²) in [6, 6.07) is 23.9. The van der Waals surface area contributed by atoms with E-state index in [4.69, 9.17) is 26.4 Å². The average molecular weight is 465 g/mol. The smallest absolute Gasteiger partial charge is 0.257 e. The van der Waals surface area contributed by atoms with E-state index in [2.05, 4.69) is 17.6 Å². The number of rotatable bonds is 10. The van der Waals surface area contributed by atoms with Gasteiger partial charge < -0.3 is 19.5 Å². The Kier molecular flexibility index (Phi) is 9.08. The molecule has 33 heavy (non-hydrogen) atoms. The summed E-state index contributed by atoms with van der Waals surface area (Å²) in [7, 11) is 0. The van der Waals surface area contributed by atoms with E-state index in [9.17, 15) is 4.79 Å². The summed E-state index contributed by atoms with van der Waals surface area (Å²) < 4.78 is 17.1. The van der Waals surface area contributed by atoms with Crippen molar-refractivity contribution in [1.82, 2.24) is 5.32 Å². The quantitative estimate of drug-likeness (QED) is 0.307. The molecule has 0 bridgehead atoms. The van der Waals surface area contributed by atoms with Crippen LogP contribution in [0.5, 0.6) is 17.2 Å². The molecule has 1 amide bonds. The first-order valence-electron chi connectivity index (χ1n) is 10.8. The van der Waals surface area contributed by atoms with E-state index in [0.29, 0.717) is 24.5 Å². The number of hydrogen-bond acceptors (Lipinski definition) is 5. The van der Waals surface area contributed by atoms with Crippen LogP contribution in [0.2, 0.25) is 0 Å². The predicted molar refractivity (Wildman–Crippen MR) is 134 cm³/mol. The topological polar surface area (TPSA) is 68.8 Å². The van der Waals surface area contributed by atoms with Crippen LogP contribution in [0.1, 0.15) is 30.6 Å². The number of anilines is 1. The predicted octanol–water partition coefficient (Wildman–Crippen LogP) is 5.45. The highest BCUT2D eigenvalue weighted by molar-refractivity contribution is 7.80. The number of nitrogens with one attached hydrogen (secondary N) is 2. The second kappa shape index (κ2) is 12.5. The Balaban J connectivity index is 1.48. The van der Waals surface area contributed by atoms with Gasteiger partial charge in [0.05, 0.1) is 6.10 Å². The van der Waals surface area contributed by atoms with Crippen LogP contribution >= 0.6 is 12.2 Å². The number of hydrogen-bond donors (Lipinski definition) is 2. The molecule has 0 aliphatic heterocycles. The second-order valence-corrected chi connectivity index (χ2v) is 7.72. The first-order valence-corrected chi connectivity index (χ1v) is 11.2. The third-order valence-corrected chi connectivity index (χ3v) is 4.90. The molecule has 0 fully saturated rings. The first kappa shape index (κ1) is 24.1. The van der Waals surface area contributed by atoms with Crippen molar-refractivity contribution in [2.75, 3.05) is 18.5 Å². The fourth-order valence-corrected chi connectivity index (χ4v) is 3.07. The molecule has 7 heteroatoms. The fraction of sp³-hybridized carbons (Fsp3) is 0.231. The zero-order valence-corrected chi connectivity index (χ0v) is 19.6. The Labute approximate surface area is 199 Å². The molecule has 0 saturated carbocycles. The molecule has 172 valence electrons. The van der Waals surface area contributed by atoms with E-state index in [1.807, 2.05) is 61.5 Å². The van der Waals surface area contributed by atoms with E-state index in [-0.39, 0.29) is 17.1 Å². The largest absolute Gasteiger partial charge is 0.491 e. The highest BCUT2D eigenvalue weighted by atomic mass is 32.1. The zero-order valence-electron chi connectivity index (χ0n) is 18.7. The van der Waals surface area contributed by atoms with Crippen LogP contribution in [0.25, 0.3) is 0 Å². The van der Waals surface area contributed by atoms with Crippen molar-refractivity contribution in [2.45, 2.75) is 26.4 Å². The van der Waals surface area contributed by atoms with Crippen molar-refractivity contribution in [3.8, 4) is 17.2 Å². The van der Waals surface area contributed by atoms with Gasteiger partial charge in [0.15, 0.2) is 5.11 Å². The Bertz CT molecular complexity index is 1060. The molecule has 0 radical (unpaired) electrons. The standard InChI is InChI=1S/C26H28N2O4S/c1-3-19(2)32-24-14-8-10-21(18-24)27-26(33)28-25(29)20-9-7-13-23(17-20)31-16-15-30-22-11-5-4-6-12-22/h4-14,17-19H,3,15-16H2,1-2H3,(H2,27,28,29,33). The molecule has 0 aromatic heterocycles. The van der Waals surface area contributed by atoms with Crippen LogP contribution in [-0.2, 0) is 0 Å². The summed E-state index contributed by atoms with van der Waals surface area (Å²) in [4.78, 5) is 12.6. The summed E-state index contributed by atoms with van der Waals surface area (Å²) in [5.74, 6) is 1.77. The number of carbonyl (C=O) groups is 1. The maximum absolute atomic E-state index is 12.6. The number of ether oxygens (including phenoxy) is 3. The van der Waals surface area contributed by atoms with Gasteiger partial charge in [-0.1, -0.05) is 37.3 Å². The molecule has 2 N–H and O–H groups in total. The number of para-hydroxylation sites is 1. The van der Waals surface area contributed by atoms with Gasteiger partial charge >= 0.3 is 0 Å². The summed E-state index contributed by atoms with van der Waals surface area (Å²) >= 11 is 5.30. The van der Waals surface area contributed by atoms with Crippen LogP contribution in [0, 0.1) is 0 Å². The summed E-state index contributed by atoms with van der Waals surface area (Å²) in [5, 5.41) is 5.91. The third kappa shape index (κ3) is 8.12. The number of amides is 1. The number of benzene rings is 3. The molecular formula is C26H28N2O4S. The van der Waals surface area contributed by atoms with Crippen LogP contribution in [0.4, 0.5) is 5.69 Å². The highest BCUT2D eigenvalue weighted by Crippen LogP contribution is 2.19. The molecule has 3 rings (SSSR count). The van der Waals surface area contributed by atoms with Crippen LogP contribution < -0.4 is 24.8 Å². The SMILES string of the molecule is CCC(C)Oc1cccc(NC(=S)NC(=O)c2cccc(OCCOc3ccccc3)c2)c1. The van der Waals surface area contributed by atoms with Gasteiger partial charge in [-0.2, -0.15) is 0 Å². The van der Waals surface area contributed by atoms with E-state index in [0.717, 1.165) is 23.6 Å². The van der Waals surface area contributed by atoms with Crippen molar-refractivity contribution in [1.29, 1.82) is 0 Å². The van der Waals surface area contributed by atoms with Gasteiger partial charge in [-0.05, 0) is 68.0 Å². The minimum atomic E-state index is -0.328. The van der Waals surface area contributed by atoms with Gasteiger partial charge in [0, 0.05) is 17.3 Å². The van der Waals surface area contributed by atoms with Gasteiger partial charge in [-0.3, -0.25) is 10.1 Å². The lowest BCUT2D eigenvalue weighted by molar-refractivity contribution is 0.0977. The van der Waals surface area contributed by atoms with E-state index >= 15 is 0 Å². The summed E-state index contributed by atoms with van der Waals surface area (Å²) in [6.45, 7) is 4.83. The molecule has 3 aromatic rings. The van der Waals surface area contributed by atoms with Gasteiger partial charge in [-0.25, -0.2) is 0 Å². The lowest BCUT2D eigenvalue weighted by Gasteiger charge is -2.14.